The fraction of sp³-hybridized carbons (Fsp3) is 0.574. The van der Waals surface area contributed by atoms with E-state index >= 15 is 4.79 Å². The van der Waals surface area contributed by atoms with E-state index in [0.717, 1.165) is 11.8 Å². The zero-order valence-electron chi connectivity index (χ0n) is 38.2. The van der Waals surface area contributed by atoms with Crippen LogP contribution in [-0.4, -0.2) is 101 Å². The van der Waals surface area contributed by atoms with E-state index in [1.54, 1.807) is 53.1 Å². The van der Waals surface area contributed by atoms with E-state index in [0.29, 0.717) is 54.0 Å². The molecule has 17 heteroatoms. The predicted octanol–water partition coefficient (Wildman–Crippen LogP) is 6.22. The summed E-state index contributed by atoms with van der Waals surface area (Å²) in [5.41, 5.74) is -1.18. The third-order valence-corrected chi connectivity index (χ3v) is 14.8. The molecule has 0 spiro atoms. The van der Waals surface area contributed by atoms with Crippen LogP contribution in [0.5, 0.6) is 17.5 Å². The second kappa shape index (κ2) is 17.8. The molecule has 64 heavy (non-hydrogen) atoms. The second-order valence-electron chi connectivity index (χ2n) is 19.5. The quantitative estimate of drug-likeness (QED) is 0.194. The number of hydrogen-bond donors (Lipinski definition) is 3. The SMILES string of the molecule is COc1ccc2c(O[C@@H]3C[C@H]4C(=O)N[C@]5(C(=O)NS(=O)(=O)C6(C)CC6)C[C@H]5/C=C\CC[C@H](C)C[C@@H](C)[C@H](NC(=O)OC(C)(C)C)C(=O)N4C3)nc(-c3ccc(OC(C)C)nc3)cc2c1. The summed E-state index contributed by atoms with van der Waals surface area (Å²) in [7, 11) is -2.46. The Balaban J connectivity index is 1.26. The number of hydrogen-bond acceptors (Lipinski definition) is 12. The molecule has 4 aliphatic rings. The molecule has 7 rings (SSSR count). The molecule has 346 valence electrons. The molecular weight excluding hydrogens is 841 g/mol. The first-order chi connectivity index (χ1) is 30.1. The number of aromatic nitrogens is 2. The smallest absolute Gasteiger partial charge is 0.408 e. The molecule has 7 atom stereocenters. The van der Waals surface area contributed by atoms with Crippen LogP contribution in [0.4, 0.5) is 4.79 Å². The maximum Gasteiger partial charge on any atom is 0.408 e. The first kappa shape index (κ1) is 46.5. The first-order valence-corrected chi connectivity index (χ1v) is 23.7. The number of alkyl carbamates (subject to hydrolysis) is 1. The zero-order valence-corrected chi connectivity index (χ0v) is 39.0. The molecule has 16 nitrogen and oxygen atoms in total. The van der Waals surface area contributed by atoms with Gasteiger partial charge < -0.3 is 34.5 Å². The molecule has 3 aromatic rings. The number of carbonyl (C=O) groups is 4. The average molecular weight is 903 g/mol. The Morgan fingerprint density at radius 3 is 2.45 bits per heavy atom. The zero-order chi connectivity index (χ0) is 46.4. The Labute approximate surface area is 375 Å². The highest BCUT2D eigenvalue weighted by Gasteiger charge is 2.63. The van der Waals surface area contributed by atoms with Crippen molar-refractivity contribution in [2.45, 2.75) is 141 Å². The van der Waals surface area contributed by atoms with Gasteiger partial charge in [-0.15, -0.1) is 0 Å². The van der Waals surface area contributed by atoms with E-state index in [9.17, 15) is 22.8 Å². The van der Waals surface area contributed by atoms with Crippen molar-refractivity contribution in [3.8, 4) is 28.8 Å². The van der Waals surface area contributed by atoms with E-state index in [1.165, 1.54) is 4.90 Å². The van der Waals surface area contributed by atoms with Gasteiger partial charge in [-0.1, -0.05) is 26.0 Å². The summed E-state index contributed by atoms with van der Waals surface area (Å²) in [6.07, 6.45) is 6.84. The van der Waals surface area contributed by atoms with Crippen LogP contribution >= 0.6 is 0 Å². The molecule has 2 aromatic heterocycles. The lowest BCUT2D eigenvalue weighted by molar-refractivity contribution is -0.142. The molecule has 4 heterocycles. The van der Waals surface area contributed by atoms with E-state index in [1.807, 2.05) is 57.2 Å². The maximum absolute atomic E-state index is 15.1. The molecule has 0 radical (unpaired) electrons. The Hall–Kier alpha value is -5.45. The first-order valence-electron chi connectivity index (χ1n) is 22.2. The normalized spacial score (nSPS) is 27.5. The molecule has 1 aromatic carbocycles. The lowest BCUT2D eigenvalue weighted by Gasteiger charge is -2.33. The van der Waals surface area contributed by atoms with Crippen LogP contribution in [0.2, 0.25) is 0 Å². The molecule has 1 saturated heterocycles. The third-order valence-electron chi connectivity index (χ3n) is 12.6. The van der Waals surface area contributed by atoms with Gasteiger partial charge in [0.2, 0.25) is 33.6 Å². The largest absolute Gasteiger partial charge is 0.497 e. The Kier molecular flexibility index (Phi) is 13.0. The highest BCUT2D eigenvalue weighted by molar-refractivity contribution is 7.91. The van der Waals surface area contributed by atoms with Crippen molar-refractivity contribution < 1.29 is 46.5 Å². The van der Waals surface area contributed by atoms with Crippen molar-refractivity contribution >= 4 is 44.6 Å². The maximum atomic E-state index is 15.1. The molecule has 4 amide bonds. The fourth-order valence-electron chi connectivity index (χ4n) is 8.60. The number of amides is 4. The molecule has 0 unspecified atom stereocenters. The standard InChI is InChI=1S/C47H62N6O10S/c1-27(2)61-38-17-14-30(25-48-38)36-22-31-21-33(60-9)15-16-35(31)41(49-36)62-34-23-37-40(54)51-47(43(56)52-64(58,59)46(8)18-19-46)24-32(47)13-11-10-12-28(3)20-29(4)39(42(55)53(37)26-34)50-44(57)63-45(5,6)7/h11,13-17,21-22,25,27-29,32,34,37,39H,10,12,18-20,23-24,26H2,1-9H3,(H,50,57)(H,51,54)(H,52,56)/b13-11-/t28-,29+,32+,34+,37-,39-,47+/m0/s1. The highest BCUT2D eigenvalue weighted by atomic mass is 32.2. The van der Waals surface area contributed by atoms with Crippen molar-refractivity contribution in [2.75, 3.05) is 13.7 Å². The van der Waals surface area contributed by atoms with Crippen LogP contribution in [0.15, 0.2) is 54.7 Å². The number of carbonyl (C=O) groups excluding carboxylic acids is 4. The summed E-state index contributed by atoms with van der Waals surface area (Å²) in [5, 5.41) is 7.17. The van der Waals surface area contributed by atoms with Gasteiger partial charge in [0.25, 0.3) is 5.91 Å². The average Bonchev–Trinajstić information content (AvgIpc) is 4.10. The number of methoxy groups -OCH3 is 1. The summed E-state index contributed by atoms with van der Waals surface area (Å²) in [4.78, 5) is 68.1. The van der Waals surface area contributed by atoms with Crippen molar-refractivity contribution in [3.05, 3.63) is 54.7 Å². The Morgan fingerprint density at radius 1 is 1.05 bits per heavy atom. The Bertz CT molecular complexity index is 2410. The van der Waals surface area contributed by atoms with Gasteiger partial charge in [0, 0.05) is 35.6 Å². The van der Waals surface area contributed by atoms with Crippen LogP contribution in [0.3, 0.4) is 0 Å². The number of allylic oxidation sites excluding steroid dienone is 1. The third kappa shape index (κ3) is 10.2. The number of fused-ring (bicyclic) bond motifs is 3. The van der Waals surface area contributed by atoms with Crippen LogP contribution in [0.1, 0.15) is 100 Å². The summed E-state index contributed by atoms with van der Waals surface area (Å²) in [5.74, 6) is -1.41. The number of sulfonamides is 1. The monoisotopic (exact) mass is 902 g/mol. The van der Waals surface area contributed by atoms with Crippen molar-refractivity contribution in [2.24, 2.45) is 17.8 Å². The van der Waals surface area contributed by atoms with Gasteiger partial charge in [0.15, 0.2) is 0 Å². The van der Waals surface area contributed by atoms with Crippen LogP contribution in [0, 0.1) is 17.8 Å². The minimum Gasteiger partial charge on any atom is -0.497 e. The fourth-order valence-corrected chi connectivity index (χ4v) is 9.91. The van der Waals surface area contributed by atoms with Crippen LogP contribution < -0.4 is 29.6 Å². The highest BCUT2D eigenvalue weighted by Crippen LogP contribution is 2.48. The number of nitrogens with zero attached hydrogens (tertiary/aromatic N) is 3. The van der Waals surface area contributed by atoms with Crippen LogP contribution in [-0.2, 0) is 29.1 Å². The number of ether oxygens (including phenoxy) is 4. The number of pyridine rings is 2. The van der Waals surface area contributed by atoms with E-state index < -0.39 is 73.8 Å². The van der Waals surface area contributed by atoms with Crippen molar-refractivity contribution in [1.82, 2.24) is 30.2 Å². The molecule has 2 aliphatic carbocycles. The summed E-state index contributed by atoms with van der Waals surface area (Å²) < 4.78 is 51.5. The van der Waals surface area contributed by atoms with E-state index in [2.05, 4.69) is 27.3 Å². The molecule has 2 saturated carbocycles. The van der Waals surface area contributed by atoms with Gasteiger partial charge in [-0.3, -0.25) is 19.1 Å². The minimum absolute atomic E-state index is 0.0115. The number of nitrogens with one attached hydrogen (secondary N) is 3. The predicted molar refractivity (Wildman–Crippen MR) is 240 cm³/mol. The molecule has 0 bridgehead atoms. The Morgan fingerprint density at radius 2 is 1.80 bits per heavy atom. The van der Waals surface area contributed by atoms with Gasteiger partial charge in [0.05, 0.1) is 30.2 Å². The molecule has 2 aliphatic heterocycles. The summed E-state index contributed by atoms with van der Waals surface area (Å²) in [6, 6.07) is 8.70. The van der Waals surface area contributed by atoms with Crippen molar-refractivity contribution in [1.29, 1.82) is 0 Å². The molecule has 3 fully saturated rings. The topological polar surface area (TPSA) is 204 Å². The minimum atomic E-state index is -4.03. The van der Waals surface area contributed by atoms with E-state index in [4.69, 9.17) is 23.9 Å². The molecule has 3 N–H and O–H groups in total. The van der Waals surface area contributed by atoms with Gasteiger partial charge >= 0.3 is 6.09 Å². The summed E-state index contributed by atoms with van der Waals surface area (Å²) in [6.45, 7) is 14.5. The van der Waals surface area contributed by atoms with Gasteiger partial charge in [-0.25, -0.2) is 23.2 Å². The molecular formula is C47H62N6O10S. The second-order valence-corrected chi connectivity index (χ2v) is 21.7. The number of rotatable bonds is 10. The van der Waals surface area contributed by atoms with Gasteiger partial charge in [-0.2, -0.15) is 0 Å². The van der Waals surface area contributed by atoms with Crippen LogP contribution in [0.25, 0.3) is 22.0 Å². The van der Waals surface area contributed by atoms with Gasteiger partial charge in [-0.05, 0) is 128 Å². The lowest BCUT2D eigenvalue weighted by Crippen LogP contribution is -2.59. The lowest BCUT2D eigenvalue weighted by atomic mass is 9.88. The van der Waals surface area contributed by atoms with Crippen molar-refractivity contribution in [3.63, 3.8) is 0 Å². The summed E-state index contributed by atoms with van der Waals surface area (Å²) >= 11 is 0. The van der Waals surface area contributed by atoms with Gasteiger partial charge in [0.1, 0.15) is 35.1 Å². The van der Waals surface area contributed by atoms with E-state index in [-0.39, 0.29) is 43.2 Å². The number of benzene rings is 1.